The van der Waals surface area contributed by atoms with E-state index in [9.17, 15) is 9.59 Å². The summed E-state index contributed by atoms with van der Waals surface area (Å²) in [6.07, 6.45) is -0.624. The summed E-state index contributed by atoms with van der Waals surface area (Å²) in [7, 11) is 1.46. The van der Waals surface area contributed by atoms with E-state index in [0.717, 1.165) is 4.57 Å². The average Bonchev–Trinajstić information content (AvgIpc) is 2.59. The summed E-state index contributed by atoms with van der Waals surface area (Å²) in [4.78, 5) is 29.1. The summed E-state index contributed by atoms with van der Waals surface area (Å²) in [5.74, 6) is 0.111. The Kier molecular flexibility index (Phi) is 6.60. The van der Waals surface area contributed by atoms with E-state index in [1.165, 1.54) is 11.7 Å². The minimum atomic E-state index is -0.685. The number of halogens is 2. The molecule has 1 atom stereocenters. The largest absolute Gasteiger partial charge is 0.361 e. The van der Waals surface area contributed by atoms with E-state index >= 15 is 0 Å². The molecule has 0 amide bonds. The zero-order chi connectivity index (χ0) is 18.6. The van der Waals surface area contributed by atoms with Crippen molar-refractivity contribution >= 4 is 29.2 Å². The van der Waals surface area contributed by atoms with Gasteiger partial charge in [0.05, 0.1) is 16.6 Å². The molecule has 0 aliphatic rings. The van der Waals surface area contributed by atoms with Crippen LogP contribution < -0.4 is 22.4 Å². The molecule has 0 spiro atoms. The van der Waals surface area contributed by atoms with Crippen LogP contribution in [0.2, 0.25) is 10.0 Å². The van der Waals surface area contributed by atoms with Gasteiger partial charge in [0.25, 0.3) is 0 Å². The van der Waals surface area contributed by atoms with E-state index in [1.54, 1.807) is 25.1 Å². The molecule has 0 saturated carbocycles. The van der Waals surface area contributed by atoms with Crippen molar-refractivity contribution in [1.29, 1.82) is 0 Å². The van der Waals surface area contributed by atoms with Crippen molar-refractivity contribution < 1.29 is 4.74 Å². The number of hydrogen-bond donors (Lipinski definition) is 2. The molecule has 8 nitrogen and oxygen atoms in total. The molecule has 1 heterocycles. The van der Waals surface area contributed by atoms with Crippen LogP contribution in [0.4, 0.5) is 5.95 Å². The second-order valence-corrected chi connectivity index (χ2v) is 6.07. The summed E-state index contributed by atoms with van der Waals surface area (Å²) < 4.78 is 7.48. The smallest absolute Gasteiger partial charge is 0.355 e. The molecule has 1 aromatic heterocycles. The number of methoxy groups -OCH3 is 1. The van der Waals surface area contributed by atoms with Crippen LogP contribution in [0.5, 0.6) is 0 Å². The van der Waals surface area contributed by atoms with Crippen molar-refractivity contribution in [2.24, 2.45) is 5.73 Å². The lowest BCUT2D eigenvalue weighted by Gasteiger charge is -2.19. The molecule has 2 aromatic rings. The van der Waals surface area contributed by atoms with Gasteiger partial charge in [-0.15, -0.1) is 0 Å². The number of ether oxygens (including phenoxy) is 1. The molecule has 0 radical (unpaired) electrons. The second-order valence-electron chi connectivity index (χ2n) is 5.26. The van der Waals surface area contributed by atoms with Gasteiger partial charge in [-0.2, -0.15) is 4.98 Å². The Morgan fingerprint density at radius 3 is 2.64 bits per heavy atom. The molecule has 10 heteroatoms. The highest BCUT2D eigenvalue weighted by molar-refractivity contribution is 6.42. The van der Waals surface area contributed by atoms with E-state index in [1.807, 2.05) is 0 Å². The van der Waals surface area contributed by atoms with Gasteiger partial charge in [-0.25, -0.2) is 18.7 Å². The Balaban J connectivity index is 2.52. The van der Waals surface area contributed by atoms with Crippen LogP contribution in [-0.4, -0.2) is 34.3 Å². The monoisotopic (exact) mass is 387 g/mol. The highest BCUT2D eigenvalue weighted by Gasteiger charge is 2.17. The Labute approximate surface area is 154 Å². The lowest BCUT2D eigenvalue weighted by Crippen LogP contribution is -2.44. The third kappa shape index (κ3) is 4.40. The first-order valence-electron chi connectivity index (χ1n) is 7.53. The van der Waals surface area contributed by atoms with Crippen LogP contribution in [0.3, 0.4) is 0 Å². The third-order valence-corrected chi connectivity index (χ3v) is 4.29. The second kappa shape index (κ2) is 8.48. The molecular formula is C15H19Cl2N5O3. The first-order chi connectivity index (χ1) is 11.9. The molecule has 1 unspecified atom stereocenters. The highest BCUT2D eigenvalue weighted by Crippen LogP contribution is 2.22. The Morgan fingerprint density at radius 2 is 2.04 bits per heavy atom. The number of aromatic nitrogens is 3. The highest BCUT2D eigenvalue weighted by atomic mass is 35.5. The summed E-state index contributed by atoms with van der Waals surface area (Å²) >= 11 is 11.9. The molecule has 136 valence electrons. The molecule has 1 aromatic carbocycles. The Morgan fingerprint density at radius 1 is 1.32 bits per heavy atom. The zero-order valence-electron chi connectivity index (χ0n) is 13.8. The fourth-order valence-corrected chi connectivity index (χ4v) is 2.53. The van der Waals surface area contributed by atoms with E-state index in [2.05, 4.69) is 10.3 Å². The maximum absolute atomic E-state index is 12.8. The lowest BCUT2D eigenvalue weighted by molar-refractivity contribution is 0.0558. The van der Waals surface area contributed by atoms with Gasteiger partial charge in [0, 0.05) is 20.2 Å². The van der Waals surface area contributed by atoms with Crippen LogP contribution >= 0.6 is 23.2 Å². The maximum Gasteiger partial charge on any atom is 0.355 e. The predicted molar refractivity (Wildman–Crippen MR) is 97.6 cm³/mol. The van der Waals surface area contributed by atoms with Gasteiger partial charge in [-0.3, -0.25) is 0 Å². The number of nitrogens with one attached hydrogen (secondary N) is 1. The van der Waals surface area contributed by atoms with Gasteiger partial charge in [-0.1, -0.05) is 29.3 Å². The molecule has 25 heavy (non-hydrogen) atoms. The van der Waals surface area contributed by atoms with E-state index < -0.39 is 17.6 Å². The topological polar surface area (TPSA) is 104 Å². The number of rotatable bonds is 7. The van der Waals surface area contributed by atoms with Gasteiger partial charge in [0.15, 0.2) is 0 Å². The van der Waals surface area contributed by atoms with Crippen LogP contribution in [0, 0.1) is 0 Å². The van der Waals surface area contributed by atoms with E-state index in [-0.39, 0.29) is 12.5 Å². The molecule has 0 aliphatic heterocycles. The summed E-state index contributed by atoms with van der Waals surface area (Å²) in [5.41, 5.74) is 4.86. The Bertz CT molecular complexity index is 865. The third-order valence-electron chi connectivity index (χ3n) is 3.55. The summed E-state index contributed by atoms with van der Waals surface area (Å²) in [5, 5.41) is 3.59. The fraction of sp³-hybridized carbons (Fsp3) is 0.400. The van der Waals surface area contributed by atoms with Crippen molar-refractivity contribution in [3.05, 3.63) is 54.8 Å². The van der Waals surface area contributed by atoms with Crippen molar-refractivity contribution in [2.45, 2.75) is 19.7 Å². The van der Waals surface area contributed by atoms with E-state index in [4.69, 9.17) is 33.7 Å². The molecule has 3 N–H and O–H groups in total. The SMILES string of the molecule is COC(C)n1c(NCCN)nc(=O)n(Cc2ccc(Cl)c(Cl)c2)c1=O. The molecule has 0 aliphatic carbocycles. The molecule has 2 rings (SSSR count). The molecule has 0 fully saturated rings. The van der Waals surface area contributed by atoms with Crippen molar-refractivity contribution in [3.63, 3.8) is 0 Å². The van der Waals surface area contributed by atoms with Gasteiger partial charge in [-0.05, 0) is 24.6 Å². The number of nitrogens with two attached hydrogens (primary N) is 1. The zero-order valence-corrected chi connectivity index (χ0v) is 15.3. The standard InChI is InChI=1S/C15H19Cl2N5O3/c1-9(25-2)22-13(19-6-5-18)20-14(23)21(15(22)24)8-10-3-4-11(16)12(17)7-10/h3-4,7,9H,5-6,8,18H2,1-2H3,(H,19,20,23). The first-order valence-corrected chi connectivity index (χ1v) is 8.28. The van der Waals surface area contributed by atoms with Crippen LogP contribution in [0.15, 0.2) is 27.8 Å². The van der Waals surface area contributed by atoms with Crippen LogP contribution in [-0.2, 0) is 11.3 Å². The average molecular weight is 388 g/mol. The van der Waals surface area contributed by atoms with Crippen LogP contribution in [0.25, 0.3) is 0 Å². The van der Waals surface area contributed by atoms with Gasteiger partial charge in [0.2, 0.25) is 5.95 Å². The predicted octanol–water partition coefficient (Wildman–Crippen LogP) is 1.30. The van der Waals surface area contributed by atoms with Crippen molar-refractivity contribution in [2.75, 3.05) is 25.5 Å². The fourth-order valence-electron chi connectivity index (χ4n) is 2.20. The number of benzene rings is 1. The number of anilines is 1. The van der Waals surface area contributed by atoms with Crippen molar-refractivity contribution in [1.82, 2.24) is 14.1 Å². The molecular weight excluding hydrogens is 369 g/mol. The summed E-state index contributed by atoms with van der Waals surface area (Å²) in [6, 6.07) is 4.89. The molecule has 0 bridgehead atoms. The quantitative estimate of drug-likeness (QED) is 0.741. The van der Waals surface area contributed by atoms with Crippen molar-refractivity contribution in [3.8, 4) is 0 Å². The maximum atomic E-state index is 12.8. The normalized spacial score (nSPS) is 12.2. The number of hydrogen-bond acceptors (Lipinski definition) is 6. The number of nitrogens with zero attached hydrogens (tertiary/aromatic N) is 3. The minimum absolute atomic E-state index is 0.00909. The van der Waals surface area contributed by atoms with Gasteiger partial charge < -0.3 is 15.8 Å². The first kappa shape index (κ1) is 19.5. The molecule has 0 saturated heterocycles. The Hall–Kier alpha value is -1.87. The summed E-state index contributed by atoms with van der Waals surface area (Å²) in [6.45, 7) is 2.36. The minimum Gasteiger partial charge on any atom is -0.361 e. The van der Waals surface area contributed by atoms with Gasteiger partial charge in [0.1, 0.15) is 6.23 Å². The van der Waals surface area contributed by atoms with Gasteiger partial charge >= 0.3 is 11.4 Å². The van der Waals surface area contributed by atoms with Crippen LogP contribution in [0.1, 0.15) is 18.7 Å². The van der Waals surface area contributed by atoms with E-state index in [0.29, 0.717) is 28.7 Å². The lowest BCUT2D eigenvalue weighted by atomic mass is 10.2.